The zero-order chi connectivity index (χ0) is 13.8. The minimum Gasteiger partial charge on any atom is -0.334 e. The van der Waals surface area contributed by atoms with Gasteiger partial charge in [0.2, 0.25) is 0 Å². The molecule has 0 atom stereocenters. The van der Waals surface area contributed by atoms with Crippen LogP contribution in [0.3, 0.4) is 0 Å². The number of nitrogens with one attached hydrogen (secondary N) is 2. The van der Waals surface area contributed by atoms with E-state index in [9.17, 15) is 4.79 Å². The Bertz CT molecular complexity index is 275. The average Bonchev–Trinajstić information content (AvgIpc) is 2.27. The zero-order valence-corrected chi connectivity index (χ0v) is 12.3. The number of urea groups is 1. The highest BCUT2D eigenvalue weighted by Crippen LogP contribution is 2.33. The summed E-state index contributed by atoms with van der Waals surface area (Å²) in [7, 11) is 0. The van der Waals surface area contributed by atoms with Crippen molar-refractivity contribution in [2.24, 2.45) is 11.7 Å². The van der Waals surface area contributed by atoms with Gasteiger partial charge in [0.15, 0.2) is 0 Å². The van der Waals surface area contributed by atoms with E-state index in [2.05, 4.69) is 17.6 Å². The van der Waals surface area contributed by atoms with E-state index in [1.807, 2.05) is 20.8 Å². The fourth-order valence-electron chi connectivity index (χ4n) is 2.63. The van der Waals surface area contributed by atoms with E-state index in [0.29, 0.717) is 6.54 Å². The fourth-order valence-corrected chi connectivity index (χ4v) is 2.63. The molecule has 0 heterocycles. The topological polar surface area (TPSA) is 67.1 Å². The standard InChI is InChI=1S/C14H29N3O/c1-5-11-6-8-14(10-15,9-7-11)17-12(18)16-13(2,3)4/h11H,5-10,15H2,1-4H3,(H2,16,17,18). The molecular weight excluding hydrogens is 226 g/mol. The summed E-state index contributed by atoms with van der Waals surface area (Å²) in [5, 5.41) is 6.05. The van der Waals surface area contributed by atoms with E-state index in [-0.39, 0.29) is 17.1 Å². The quantitative estimate of drug-likeness (QED) is 0.725. The first kappa shape index (κ1) is 15.3. The summed E-state index contributed by atoms with van der Waals surface area (Å²) in [6.07, 6.45) is 5.57. The van der Waals surface area contributed by atoms with Gasteiger partial charge in [-0.05, 0) is 52.4 Å². The van der Waals surface area contributed by atoms with Crippen molar-refractivity contribution in [2.75, 3.05) is 6.54 Å². The van der Waals surface area contributed by atoms with Crippen LogP contribution in [0.2, 0.25) is 0 Å². The van der Waals surface area contributed by atoms with Gasteiger partial charge in [0, 0.05) is 12.1 Å². The number of hydrogen-bond acceptors (Lipinski definition) is 2. The first-order valence-corrected chi connectivity index (χ1v) is 7.10. The molecule has 0 saturated heterocycles. The van der Waals surface area contributed by atoms with Crippen LogP contribution in [0, 0.1) is 5.92 Å². The number of hydrogen-bond donors (Lipinski definition) is 3. The van der Waals surface area contributed by atoms with Crippen molar-refractivity contribution in [1.82, 2.24) is 10.6 Å². The highest BCUT2D eigenvalue weighted by Gasteiger charge is 2.35. The maximum Gasteiger partial charge on any atom is 0.315 e. The Kier molecular flexibility index (Phi) is 5.02. The maximum atomic E-state index is 12.0. The highest BCUT2D eigenvalue weighted by atomic mass is 16.2. The van der Waals surface area contributed by atoms with Gasteiger partial charge < -0.3 is 16.4 Å². The second kappa shape index (κ2) is 5.91. The summed E-state index contributed by atoms with van der Waals surface area (Å²) < 4.78 is 0. The summed E-state index contributed by atoms with van der Waals surface area (Å²) in [6, 6.07) is -0.0945. The molecule has 4 nitrogen and oxygen atoms in total. The molecule has 0 aromatic rings. The van der Waals surface area contributed by atoms with Crippen LogP contribution in [0.1, 0.15) is 59.8 Å². The van der Waals surface area contributed by atoms with Crippen LogP contribution in [-0.2, 0) is 0 Å². The molecule has 0 aliphatic heterocycles. The smallest absolute Gasteiger partial charge is 0.315 e. The Morgan fingerprint density at radius 1 is 1.33 bits per heavy atom. The Morgan fingerprint density at radius 3 is 2.28 bits per heavy atom. The molecule has 1 saturated carbocycles. The minimum absolute atomic E-state index is 0.0945. The molecule has 0 spiro atoms. The number of nitrogens with two attached hydrogens (primary N) is 1. The van der Waals surface area contributed by atoms with Gasteiger partial charge in [-0.2, -0.15) is 0 Å². The number of rotatable bonds is 3. The molecule has 0 bridgehead atoms. The summed E-state index contributed by atoms with van der Waals surface area (Å²) in [5.74, 6) is 0.803. The van der Waals surface area contributed by atoms with E-state index >= 15 is 0 Å². The van der Waals surface area contributed by atoms with Crippen LogP contribution in [0.15, 0.2) is 0 Å². The van der Waals surface area contributed by atoms with Gasteiger partial charge in [-0.15, -0.1) is 0 Å². The summed E-state index contributed by atoms with van der Waals surface area (Å²) in [5.41, 5.74) is 5.49. The second-order valence-corrected chi connectivity index (χ2v) is 6.67. The van der Waals surface area contributed by atoms with E-state index in [4.69, 9.17) is 5.73 Å². The van der Waals surface area contributed by atoms with E-state index in [0.717, 1.165) is 18.8 Å². The Hall–Kier alpha value is -0.770. The summed E-state index contributed by atoms with van der Waals surface area (Å²) in [6.45, 7) is 8.71. The molecule has 1 fully saturated rings. The third-order valence-corrected chi connectivity index (χ3v) is 3.90. The first-order valence-electron chi connectivity index (χ1n) is 7.10. The SMILES string of the molecule is CCC1CCC(CN)(NC(=O)NC(C)(C)C)CC1. The number of carbonyl (C=O) groups excluding carboxylic acids is 1. The van der Waals surface area contributed by atoms with E-state index in [1.54, 1.807) is 0 Å². The van der Waals surface area contributed by atoms with Crippen molar-refractivity contribution in [3.8, 4) is 0 Å². The van der Waals surface area contributed by atoms with Crippen molar-refractivity contribution in [1.29, 1.82) is 0 Å². The molecular formula is C14H29N3O. The lowest BCUT2D eigenvalue weighted by Gasteiger charge is -2.40. The van der Waals surface area contributed by atoms with Gasteiger partial charge in [0.05, 0.1) is 5.54 Å². The predicted molar refractivity (Wildman–Crippen MR) is 75.5 cm³/mol. The molecule has 0 unspecified atom stereocenters. The van der Waals surface area contributed by atoms with Crippen LogP contribution >= 0.6 is 0 Å². The van der Waals surface area contributed by atoms with Gasteiger partial charge in [0.1, 0.15) is 0 Å². The monoisotopic (exact) mass is 255 g/mol. The molecule has 1 aliphatic carbocycles. The molecule has 1 aliphatic rings. The third kappa shape index (κ3) is 4.48. The molecule has 1 rings (SSSR count). The zero-order valence-electron chi connectivity index (χ0n) is 12.3. The number of carbonyl (C=O) groups is 1. The normalized spacial score (nSPS) is 28.8. The Balaban J connectivity index is 2.54. The largest absolute Gasteiger partial charge is 0.334 e. The first-order chi connectivity index (χ1) is 8.30. The van der Waals surface area contributed by atoms with Crippen molar-refractivity contribution >= 4 is 6.03 Å². The van der Waals surface area contributed by atoms with Gasteiger partial charge >= 0.3 is 6.03 Å². The van der Waals surface area contributed by atoms with Gasteiger partial charge in [-0.3, -0.25) is 0 Å². The van der Waals surface area contributed by atoms with Crippen LogP contribution in [-0.4, -0.2) is 23.7 Å². The lowest BCUT2D eigenvalue weighted by molar-refractivity contribution is 0.178. The lowest BCUT2D eigenvalue weighted by Crippen LogP contribution is -2.60. The van der Waals surface area contributed by atoms with Crippen LogP contribution in [0.5, 0.6) is 0 Å². The third-order valence-electron chi connectivity index (χ3n) is 3.90. The molecule has 0 aromatic heterocycles. The molecule has 18 heavy (non-hydrogen) atoms. The van der Waals surface area contributed by atoms with Crippen LogP contribution in [0.25, 0.3) is 0 Å². The van der Waals surface area contributed by atoms with Crippen LogP contribution < -0.4 is 16.4 Å². The van der Waals surface area contributed by atoms with E-state index in [1.165, 1.54) is 19.3 Å². The molecule has 4 heteroatoms. The Labute approximate surface area is 111 Å². The summed E-state index contributed by atoms with van der Waals surface area (Å²) >= 11 is 0. The minimum atomic E-state index is -0.208. The average molecular weight is 255 g/mol. The van der Waals surface area contributed by atoms with Crippen molar-refractivity contribution in [3.05, 3.63) is 0 Å². The molecule has 4 N–H and O–H groups in total. The number of amides is 2. The summed E-state index contributed by atoms with van der Waals surface area (Å²) in [4.78, 5) is 12.0. The highest BCUT2D eigenvalue weighted by molar-refractivity contribution is 5.75. The lowest BCUT2D eigenvalue weighted by atomic mass is 9.75. The van der Waals surface area contributed by atoms with Gasteiger partial charge in [-0.25, -0.2) is 4.79 Å². The maximum absolute atomic E-state index is 12.0. The van der Waals surface area contributed by atoms with Crippen molar-refractivity contribution in [2.45, 2.75) is 70.9 Å². The van der Waals surface area contributed by atoms with Gasteiger partial charge in [0.25, 0.3) is 0 Å². The Morgan fingerprint density at radius 2 is 1.89 bits per heavy atom. The molecule has 106 valence electrons. The molecule has 0 aromatic carbocycles. The van der Waals surface area contributed by atoms with Crippen molar-refractivity contribution in [3.63, 3.8) is 0 Å². The fraction of sp³-hybridized carbons (Fsp3) is 0.929. The van der Waals surface area contributed by atoms with E-state index < -0.39 is 0 Å². The van der Waals surface area contributed by atoms with Crippen LogP contribution in [0.4, 0.5) is 4.79 Å². The predicted octanol–water partition coefficient (Wildman–Crippen LogP) is 2.38. The second-order valence-electron chi connectivity index (χ2n) is 6.67. The van der Waals surface area contributed by atoms with Gasteiger partial charge in [-0.1, -0.05) is 13.3 Å². The molecule has 0 radical (unpaired) electrons. The molecule has 2 amide bonds. The van der Waals surface area contributed by atoms with Crippen molar-refractivity contribution < 1.29 is 4.79 Å².